The van der Waals surface area contributed by atoms with Crippen molar-refractivity contribution in [3.8, 4) is 24.3 Å². The smallest absolute Gasteiger partial charge is 0.333 e. The van der Waals surface area contributed by atoms with E-state index in [0.29, 0.717) is 0 Å². The van der Waals surface area contributed by atoms with E-state index in [1.807, 2.05) is 0 Å². The molecule has 1 aliphatic rings. The Morgan fingerprint density at radius 2 is 1.77 bits per heavy atom. The molecule has 0 aliphatic carbocycles. The molecule has 0 radical (unpaired) electrons. The molecule has 0 aromatic rings. The zero-order valence-electron chi connectivity index (χ0n) is 15.9. The molecule has 1 fully saturated rings. The zero-order chi connectivity index (χ0) is 23.1. The van der Waals surface area contributed by atoms with Gasteiger partial charge in [0.25, 0.3) is 5.60 Å². The van der Waals surface area contributed by atoms with Crippen molar-refractivity contribution in [1.29, 1.82) is 21.0 Å². The number of nitriles is 4. The quantitative estimate of drug-likeness (QED) is 0.250. The molecule has 12 nitrogen and oxygen atoms in total. The van der Waals surface area contributed by atoms with Crippen LogP contribution in [0.2, 0.25) is 0 Å². The van der Waals surface area contributed by atoms with E-state index in [1.165, 1.54) is 31.2 Å². The Morgan fingerprint density at radius 3 is 2.20 bits per heavy atom. The van der Waals surface area contributed by atoms with Crippen molar-refractivity contribution >= 4 is 5.97 Å². The van der Waals surface area contributed by atoms with E-state index in [4.69, 9.17) is 24.7 Å². The fraction of sp³-hybridized carbons (Fsp3) is 0.611. The predicted molar refractivity (Wildman–Crippen MR) is 92.9 cm³/mol. The fourth-order valence-electron chi connectivity index (χ4n) is 2.70. The maximum absolute atomic E-state index is 11.6. The van der Waals surface area contributed by atoms with Crippen LogP contribution in [0.4, 0.5) is 0 Å². The highest BCUT2D eigenvalue weighted by molar-refractivity contribution is 5.86. The summed E-state index contributed by atoms with van der Waals surface area (Å²) in [6.45, 7) is 3.34. The van der Waals surface area contributed by atoms with Gasteiger partial charge in [-0.05, 0) is 6.92 Å². The van der Waals surface area contributed by atoms with Gasteiger partial charge in [0.2, 0.25) is 5.79 Å². The Morgan fingerprint density at radius 1 is 1.20 bits per heavy atom. The average Bonchev–Trinajstić information content (AvgIpc) is 2.74. The standard InChI is InChI=1S/C18H20N4O8/c1-10(2)16(27)28-4-3-18(15(26)14(25)13(24)12(7-23)29-18)30-17(8-21,9-22)11(5-19)6-20/h11-15,23-26H,1,3-4,7H2,2H3/t12-,13-,14+,15+,18?/m1/s1. The average molecular weight is 420 g/mol. The van der Waals surface area contributed by atoms with Crippen LogP contribution < -0.4 is 0 Å². The lowest BCUT2D eigenvalue weighted by Crippen LogP contribution is -2.68. The summed E-state index contributed by atoms with van der Waals surface area (Å²) in [6, 6.07) is 5.62. The van der Waals surface area contributed by atoms with Crippen LogP contribution in [0.1, 0.15) is 13.3 Å². The Bertz CT molecular complexity index is 805. The molecule has 1 heterocycles. The first-order valence-electron chi connectivity index (χ1n) is 8.55. The second kappa shape index (κ2) is 10.1. The van der Waals surface area contributed by atoms with Crippen LogP contribution in [0.5, 0.6) is 0 Å². The minimum atomic E-state index is -2.79. The number of hydrogen-bond acceptors (Lipinski definition) is 12. The van der Waals surface area contributed by atoms with Gasteiger partial charge in [0.1, 0.15) is 36.6 Å². The van der Waals surface area contributed by atoms with Gasteiger partial charge in [-0.3, -0.25) is 0 Å². The Kier molecular flexibility index (Phi) is 8.41. The maximum Gasteiger partial charge on any atom is 0.333 e. The minimum Gasteiger partial charge on any atom is -0.462 e. The minimum absolute atomic E-state index is 0.0381. The Balaban J connectivity index is 3.43. The Labute approximate surface area is 171 Å². The Hall–Kier alpha value is -3.07. The van der Waals surface area contributed by atoms with E-state index < -0.39 is 67.3 Å². The third-order valence-electron chi connectivity index (χ3n) is 4.40. The van der Waals surface area contributed by atoms with Crippen molar-refractivity contribution in [3.05, 3.63) is 12.2 Å². The number of hydrogen-bond donors (Lipinski definition) is 4. The molecule has 0 aromatic heterocycles. The van der Waals surface area contributed by atoms with Crippen LogP contribution >= 0.6 is 0 Å². The van der Waals surface area contributed by atoms with Crippen LogP contribution in [0, 0.1) is 51.2 Å². The molecule has 0 spiro atoms. The number of esters is 1. The summed E-state index contributed by atoms with van der Waals surface area (Å²) in [5, 5.41) is 77.3. The molecule has 0 bridgehead atoms. The van der Waals surface area contributed by atoms with Crippen molar-refractivity contribution in [1.82, 2.24) is 0 Å². The highest BCUT2D eigenvalue weighted by atomic mass is 16.7. The molecule has 12 heteroatoms. The molecule has 0 amide bonds. The van der Waals surface area contributed by atoms with E-state index in [2.05, 4.69) is 6.58 Å². The van der Waals surface area contributed by atoms with Gasteiger partial charge >= 0.3 is 5.97 Å². The first kappa shape index (κ1) is 25.0. The monoisotopic (exact) mass is 420 g/mol. The van der Waals surface area contributed by atoms with Crippen LogP contribution in [0.15, 0.2) is 12.2 Å². The molecular formula is C18H20N4O8. The summed E-state index contributed by atoms with van der Waals surface area (Å²) in [7, 11) is 0. The van der Waals surface area contributed by atoms with Crippen LogP contribution in [-0.4, -0.2) is 75.4 Å². The lowest BCUT2D eigenvalue weighted by Gasteiger charge is -2.49. The molecule has 30 heavy (non-hydrogen) atoms. The maximum atomic E-state index is 11.6. The topological polar surface area (TPSA) is 221 Å². The van der Waals surface area contributed by atoms with E-state index in [0.717, 1.165) is 0 Å². The molecule has 1 rings (SSSR count). The number of nitrogens with zero attached hydrogens (tertiary/aromatic N) is 4. The molecule has 0 saturated carbocycles. The van der Waals surface area contributed by atoms with E-state index in [9.17, 15) is 35.7 Å². The van der Waals surface area contributed by atoms with E-state index in [1.54, 1.807) is 0 Å². The highest BCUT2D eigenvalue weighted by Gasteiger charge is 2.59. The summed E-state index contributed by atoms with van der Waals surface area (Å²) in [5.74, 6) is -5.30. The molecule has 4 N–H and O–H groups in total. The predicted octanol–water partition coefficient (Wildman–Crippen LogP) is -1.87. The van der Waals surface area contributed by atoms with Gasteiger partial charge in [0.15, 0.2) is 5.92 Å². The molecule has 5 atom stereocenters. The molecule has 1 aliphatic heterocycles. The van der Waals surface area contributed by atoms with Gasteiger partial charge in [-0.2, -0.15) is 21.0 Å². The number of aliphatic hydroxyl groups is 4. The second-order valence-electron chi connectivity index (χ2n) is 6.50. The van der Waals surface area contributed by atoms with Crippen LogP contribution in [0.3, 0.4) is 0 Å². The van der Waals surface area contributed by atoms with Crippen molar-refractivity contribution in [2.75, 3.05) is 13.2 Å². The number of rotatable bonds is 8. The van der Waals surface area contributed by atoms with Gasteiger partial charge in [-0.1, -0.05) is 6.58 Å². The molecule has 0 aromatic carbocycles. The third kappa shape index (κ3) is 4.73. The van der Waals surface area contributed by atoms with Crippen molar-refractivity contribution in [2.45, 2.75) is 49.1 Å². The van der Waals surface area contributed by atoms with Crippen molar-refractivity contribution in [2.24, 2.45) is 5.92 Å². The summed E-state index contributed by atoms with van der Waals surface area (Å²) in [5.41, 5.74) is -2.75. The normalized spacial score (nSPS) is 28.5. The van der Waals surface area contributed by atoms with Gasteiger partial charge in [-0.25, -0.2) is 4.79 Å². The van der Waals surface area contributed by atoms with Gasteiger partial charge in [-0.15, -0.1) is 0 Å². The largest absolute Gasteiger partial charge is 0.462 e. The van der Waals surface area contributed by atoms with Crippen LogP contribution in [0.25, 0.3) is 0 Å². The molecule has 160 valence electrons. The molecule has 1 unspecified atom stereocenters. The second-order valence-corrected chi connectivity index (χ2v) is 6.50. The first-order chi connectivity index (χ1) is 14.1. The summed E-state index contributed by atoms with van der Waals surface area (Å²) < 4.78 is 15.7. The van der Waals surface area contributed by atoms with Gasteiger partial charge in [0, 0.05) is 12.0 Å². The van der Waals surface area contributed by atoms with Crippen molar-refractivity contribution < 1.29 is 39.4 Å². The number of carbonyl (C=O) groups excluding carboxylic acids is 1. The third-order valence-corrected chi connectivity index (χ3v) is 4.40. The SMILES string of the molecule is C=C(C)C(=O)OCCC1(OC(C#N)(C#N)C(C#N)C#N)O[C@H](CO)[C@@H](O)[C@H](O)[C@@H]1O. The molecular weight excluding hydrogens is 400 g/mol. The van der Waals surface area contributed by atoms with Crippen LogP contribution in [-0.2, 0) is 19.0 Å². The summed E-state index contributed by atoms with van der Waals surface area (Å²) in [6.07, 6.45) is -8.04. The fourth-order valence-corrected chi connectivity index (χ4v) is 2.70. The van der Waals surface area contributed by atoms with E-state index in [-0.39, 0.29) is 5.57 Å². The van der Waals surface area contributed by atoms with Crippen molar-refractivity contribution in [3.63, 3.8) is 0 Å². The number of ether oxygens (including phenoxy) is 3. The number of aliphatic hydroxyl groups excluding tert-OH is 4. The zero-order valence-corrected chi connectivity index (χ0v) is 15.9. The van der Waals surface area contributed by atoms with Gasteiger partial charge in [0.05, 0.1) is 25.4 Å². The van der Waals surface area contributed by atoms with Gasteiger partial charge < -0.3 is 34.6 Å². The first-order valence-corrected chi connectivity index (χ1v) is 8.55. The van der Waals surface area contributed by atoms with E-state index >= 15 is 0 Å². The highest BCUT2D eigenvalue weighted by Crippen LogP contribution is 2.39. The lowest BCUT2D eigenvalue weighted by atomic mass is 9.87. The number of carbonyl (C=O) groups is 1. The molecule has 1 saturated heterocycles. The summed E-state index contributed by atoms with van der Waals surface area (Å²) in [4.78, 5) is 11.6. The lowest BCUT2D eigenvalue weighted by molar-refractivity contribution is -0.382. The summed E-state index contributed by atoms with van der Waals surface area (Å²) >= 11 is 0.